The highest BCUT2D eigenvalue weighted by molar-refractivity contribution is 7.89. The number of hydrogen-bond acceptors (Lipinski definition) is 5. The molecule has 0 amide bonds. The molecule has 0 bridgehead atoms. The first-order chi connectivity index (χ1) is 14.8. The average molecular weight is 445 g/mol. The Kier molecular flexibility index (Phi) is 6.14. The van der Waals surface area contributed by atoms with Crippen LogP contribution >= 0.6 is 0 Å². The molecule has 1 spiro atoms. The first-order valence-corrected chi connectivity index (χ1v) is 12.1. The second kappa shape index (κ2) is 8.68. The number of rotatable bonds is 4. The van der Waals surface area contributed by atoms with Gasteiger partial charge in [0.25, 0.3) is 0 Å². The predicted molar refractivity (Wildman–Crippen MR) is 120 cm³/mol. The molecule has 8 heteroatoms. The molecule has 0 atom stereocenters. The number of aryl methyl sites for hydroxylation is 2. The van der Waals surface area contributed by atoms with E-state index >= 15 is 0 Å². The molecular formula is C23H29FN4O2S. The fourth-order valence-corrected chi connectivity index (χ4v) is 6.11. The van der Waals surface area contributed by atoms with Crippen molar-refractivity contribution in [2.45, 2.75) is 43.7 Å². The number of sulfonamides is 1. The van der Waals surface area contributed by atoms with Gasteiger partial charge in [-0.25, -0.2) is 12.8 Å². The molecule has 2 aromatic rings. The Bertz CT molecular complexity index is 1080. The van der Waals surface area contributed by atoms with Crippen molar-refractivity contribution in [3.8, 4) is 0 Å². The lowest BCUT2D eigenvalue weighted by Gasteiger charge is -2.44. The van der Waals surface area contributed by atoms with Crippen LogP contribution in [0.25, 0.3) is 0 Å². The molecular weight excluding hydrogens is 415 g/mol. The van der Waals surface area contributed by atoms with Crippen molar-refractivity contribution in [2.24, 2.45) is 4.99 Å². The Morgan fingerprint density at radius 1 is 1.13 bits per heavy atom. The summed E-state index contributed by atoms with van der Waals surface area (Å²) in [5.41, 5.74) is 2.44. The van der Waals surface area contributed by atoms with Crippen molar-refractivity contribution in [1.29, 1.82) is 0 Å². The largest absolute Gasteiger partial charge is 0.368 e. The van der Waals surface area contributed by atoms with Crippen LogP contribution < -0.4 is 10.6 Å². The van der Waals surface area contributed by atoms with Crippen molar-refractivity contribution in [3.63, 3.8) is 0 Å². The van der Waals surface area contributed by atoms with Gasteiger partial charge in [0.1, 0.15) is 11.7 Å². The topological polar surface area (TPSA) is 73.8 Å². The Balaban J connectivity index is 1.46. The first kappa shape index (κ1) is 21.9. The zero-order valence-corrected chi connectivity index (χ0v) is 18.8. The van der Waals surface area contributed by atoms with Gasteiger partial charge in [0, 0.05) is 26.2 Å². The fraction of sp³-hybridized carbons (Fsp3) is 0.435. The highest BCUT2D eigenvalue weighted by atomic mass is 32.2. The summed E-state index contributed by atoms with van der Waals surface area (Å²) in [7, 11) is -3.53. The number of benzene rings is 2. The highest BCUT2D eigenvalue weighted by Crippen LogP contribution is 2.30. The zero-order valence-electron chi connectivity index (χ0n) is 18.0. The van der Waals surface area contributed by atoms with E-state index in [4.69, 9.17) is 4.99 Å². The summed E-state index contributed by atoms with van der Waals surface area (Å²) >= 11 is 0. The van der Waals surface area contributed by atoms with Crippen molar-refractivity contribution >= 4 is 15.9 Å². The maximum atomic E-state index is 13.2. The summed E-state index contributed by atoms with van der Waals surface area (Å²) in [6, 6.07) is 11.9. The molecule has 0 aromatic heterocycles. The van der Waals surface area contributed by atoms with Gasteiger partial charge < -0.3 is 10.6 Å². The molecule has 2 aliphatic rings. The molecule has 6 nitrogen and oxygen atoms in total. The van der Waals surface area contributed by atoms with Gasteiger partial charge in [0.15, 0.2) is 0 Å². The normalized spacial score (nSPS) is 19.3. The van der Waals surface area contributed by atoms with Crippen molar-refractivity contribution < 1.29 is 12.8 Å². The minimum Gasteiger partial charge on any atom is -0.368 e. The molecule has 0 aliphatic carbocycles. The lowest BCUT2D eigenvalue weighted by Crippen LogP contribution is -2.64. The summed E-state index contributed by atoms with van der Waals surface area (Å²) in [6.45, 7) is 6.66. The molecule has 166 valence electrons. The average Bonchev–Trinajstić information content (AvgIpc) is 2.74. The molecule has 2 N–H and O–H groups in total. The van der Waals surface area contributed by atoms with Crippen molar-refractivity contribution in [1.82, 2.24) is 14.9 Å². The molecule has 2 heterocycles. The van der Waals surface area contributed by atoms with Gasteiger partial charge in [0.2, 0.25) is 10.0 Å². The van der Waals surface area contributed by atoms with Crippen LogP contribution in [0.2, 0.25) is 0 Å². The van der Waals surface area contributed by atoms with Crippen LogP contribution in [0.3, 0.4) is 0 Å². The first-order valence-electron chi connectivity index (χ1n) is 10.7. The zero-order chi connectivity index (χ0) is 22.1. The van der Waals surface area contributed by atoms with E-state index in [1.807, 2.05) is 26.0 Å². The highest BCUT2D eigenvalue weighted by Gasteiger charge is 2.43. The third-order valence-corrected chi connectivity index (χ3v) is 8.25. The van der Waals surface area contributed by atoms with Crippen LogP contribution in [0.5, 0.6) is 0 Å². The van der Waals surface area contributed by atoms with E-state index in [-0.39, 0.29) is 11.4 Å². The summed E-state index contributed by atoms with van der Waals surface area (Å²) in [6.07, 6.45) is 1.29. The Labute approximate surface area is 183 Å². The van der Waals surface area contributed by atoms with E-state index in [0.29, 0.717) is 43.9 Å². The predicted octanol–water partition coefficient (Wildman–Crippen LogP) is 2.76. The number of hydrogen-bond donors (Lipinski definition) is 2. The van der Waals surface area contributed by atoms with Crippen molar-refractivity contribution in [2.75, 3.05) is 26.2 Å². The van der Waals surface area contributed by atoms with E-state index in [1.54, 1.807) is 22.5 Å². The van der Waals surface area contributed by atoms with Crippen LogP contribution in [0.1, 0.15) is 29.5 Å². The molecule has 31 heavy (non-hydrogen) atoms. The number of nitrogens with zero attached hydrogens (tertiary/aromatic N) is 2. The van der Waals surface area contributed by atoms with E-state index < -0.39 is 10.0 Å². The summed E-state index contributed by atoms with van der Waals surface area (Å²) in [5, 5.41) is 7.00. The summed E-state index contributed by atoms with van der Waals surface area (Å²) in [5.74, 6) is 0.612. The molecule has 0 unspecified atom stereocenters. The molecule has 2 aromatic carbocycles. The molecule has 0 saturated carbocycles. The Morgan fingerprint density at radius 2 is 1.84 bits per heavy atom. The van der Waals surface area contributed by atoms with Gasteiger partial charge >= 0.3 is 0 Å². The fourth-order valence-electron chi connectivity index (χ4n) is 4.46. The smallest absolute Gasteiger partial charge is 0.243 e. The summed E-state index contributed by atoms with van der Waals surface area (Å²) < 4.78 is 41.2. The van der Waals surface area contributed by atoms with Gasteiger partial charge in [-0.2, -0.15) is 4.31 Å². The minimum absolute atomic E-state index is 0.255. The third-order valence-electron chi connectivity index (χ3n) is 6.20. The maximum absolute atomic E-state index is 13.2. The van der Waals surface area contributed by atoms with E-state index in [2.05, 4.69) is 10.6 Å². The Morgan fingerprint density at radius 3 is 2.52 bits per heavy atom. The van der Waals surface area contributed by atoms with Crippen molar-refractivity contribution in [3.05, 3.63) is 65.0 Å². The second-order valence-corrected chi connectivity index (χ2v) is 10.3. The number of nitrogens with one attached hydrogen (secondary N) is 2. The quantitative estimate of drug-likeness (QED) is 0.761. The number of amidine groups is 1. The monoisotopic (exact) mass is 444 g/mol. The number of halogens is 1. The van der Waals surface area contributed by atoms with E-state index in [1.165, 1.54) is 12.1 Å². The molecule has 2 aliphatic heterocycles. The van der Waals surface area contributed by atoms with Crippen LogP contribution in [0, 0.1) is 19.7 Å². The Hall–Kier alpha value is -2.29. The number of piperidine rings is 1. The van der Waals surface area contributed by atoms with Crippen LogP contribution in [0.15, 0.2) is 52.4 Å². The van der Waals surface area contributed by atoms with Crippen LogP contribution in [0.4, 0.5) is 4.39 Å². The van der Waals surface area contributed by atoms with Gasteiger partial charge in [-0.15, -0.1) is 0 Å². The molecule has 4 rings (SSSR count). The standard InChI is InChI=1S/C23H29FN4O2S/c1-17-3-8-21(18(2)15-17)31(29,30)28-13-9-23(10-14-28)22(25-11-12-27-23)26-16-19-4-6-20(24)7-5-19/h3-8,15,27H,9-14,16H2,1-2H3,(H,25,26). The van der Waals surface area contributed by atoms with E-state index in [9.17, 15) is 12.8 Å². The molecule has 1 fully saturated rings. The van der Waals surface area contributed by atoms with E-state index in [0.717, 1.165) is 29.1 Å². The second-order valence-electron chi connectivity index (χ2n) is 8.39. The summed E-state index contributed by atoms with van der Waals surface area (Å²) in [4.78, 5) is 5.09. The van der Waals surface area contributed by atoms with Crippen LogP contribution in [-0.4, -0.2) is 50.3 Å². The van der Waals surface area contributed by atoms with Gasteiger partial charge in [-0.05, 0) is 56.0 Å². The SMILES string of the molecule is Cc1ccc(S(=O)(=O)N2CCC3(CC2)NCCN=C3NCc2ccc(F)cc2)c(C)c1. The molecule has 1 saturated heterocycles. The third kappa shape index (κ3) is 4.51. The lowest BCUT2D eigenvalue weighted by atomic mass is 9.85. The van der Waals surface area contributed by atoms with Gasteiger partial charge in [0.05, 0.1) is 17.0 Å². The molecule has 0 radical (unpaired) electrons. The number of aliphatic imine (C=N–C) groups is 1. The van der Waals surface area contributed by atoms with Gasteiger partial charge in [-0.3, -0.25) is 4.99 Å². The maximum Gasteiger partial charge on any atom is 0.243 e. The van der Waals surface area contributed by atoms with Crippen LogP contribution in [-0.2, 0) is 16.6 Å². The van der Waals surface area contributed by atoms with Gasteiger partial charge in [-0.1, -0.05) is 29.8 Å². The lowest BCUT2D eigenvalue weighted by molar-refractivity contribution is 0.241. The minimum atomic E-state index is -3.53.